The first-order valence-electron chi connectivity index (χ1n) is 9.64. The summed E-state index contributed by atoms with van der Waals surface area (Å²) in [5.41, 5.74) is 3.11. The van der Waals surface area contributed by atoms with Crippen molar-refractivity contribution in [3.63, 3.8) is 0 Å². The van der Waals surface area contributed by atoms with Crippen LogP contribution in [0.3, 0.4) is 0 Å². The third kappa shape index (κ3) is 6.08. The molecule has 0 fully saturated rings. The smallest absolute Gasteiger partial charge is 0.266 e. The van der Waals surface area contributed by atoms with Gasteiger partial charge in [0.15, 0.2) is 11.5 Å². The second-order valence-electron chi connectivity index (χ2n) is 6.94. The zero-order valence-corrected chi connectivity index (χ0v) is 19.6. The summed E-state index contributed by atoms with van der Waals surface area (Å²) < 4.78 is 25.3. The fraction of sp³-hybridized carbons (Fsp3) is 0.120. The number of methoxy groups -OCH3 is 1. The minimum atomic E-state index is -0.590. The third-order valence-corrected chi connectivity index (χ3v) is 5.34. The molecular weight excluding hydrogens is 522 g/mol. The van der Waals surface area contributed by atoms with Gasteiger partial charge in [0.1, 0.15) is 24.1 Å². The van der Waals surface area contributed by atoms with Crippen molar-refractivity contribution in [2.45, 2.75) is 13.5 Å². The number of rotatable bonds is 7. The highest BCUT2D eigenvalue weighted by Crippen LogP contribution is 2.35. The Balaban J connectivity index is 1.80. The van der Waals surface area contributed by atoms with E-state index in [0.717, 1.165) is 9.13 Å². The third-order valence-electron chi connectivity index (χ3n) is 4.53. The largest absolute Gasteiger partial charge is 0.493 e. The van der Waals surface area contributed by atoms with Crippen LogP contribution >= 0.6 is 22.6 Å². The number of nitrogens with one attached hydrogen (secondary N) is 1. The average molecular weight is 542 g/mol. The lowest BCUT2D eigenvalue weighted by Crippen LogP contribution is -2.13. The molecular formula is C25H20FIN2O3. The van der Waals surface area contributed by atoms with Gasteiger partial charge in [0.2, 0.25) is 0 Å². The lowest BCUT2D eigenvalue weighted by molar-refractivity contribution is -0.112. The van der Waals surface area contributed by atoms with Crippen molar-refractivity contribution in [1.82, 2.24) is 0 Å². The summed E-state index contributed by atoms with van der Waals surface area (Å²) in [4.78, 5) is 12.5. The normalized spacial score (nSPS) is 10.9. The van der Waals surface area contributed by atoms with Crippen molar-refractivity contribution in [3.05, 3.63) is 92.3 Å². The highest BCUT2D eigenvalue weighted by Gasteiger charge is 2.14. The van der Waals surface area contributed by atoms with Gasteiger partial charge in [-0.05, 0) is 83.1 Å². The van der Waals surface area contributed by atoms with E-state index in [-0.39, 0.29) is 5.57 Å². The summed E-state index contributed by atoms with van der Waals surface area (Å²) in [6.07, 6.45) is 1.47. The van der Waals surface area contributed by atoms with Crippen LogP contribution in [0.4, 0.5) is 10.1 Å². The quantitative estimate of drug-likeness (QED) is 0.230. The highest BCUT2D eigenvalue weighted by atomic mass is 127. The van der Waals surface area contributed by atoms with E-state index >= 15 is 0 Å². The Labute approximate surface area is 199 Å². The zero-order chi connectivity index (χ0) is 23.1. The van der Waals surface area contributed by atoms with E-state index < -0.39 is 11.7 Å². The number of amides is 1. The molecule has 0 aliphatic carbocycles. The van der Waals surface area contributed by atoms with Gasteiger partial charge in [-0.3, -0.25) is 4.79 Å². The molecule has 0 aliphatic rings. The van der Waals surface area contributed by atoms with Gasteiger partial charge in [-0.25, -0.2) is 4.39 Å². The molecule has 1 amide bonds. The highest BCUT2D eigenvalue weighted by molar-refractivity contribution is 14.1. The zero-order valence-electron chi connectivity index (χ0n) is 17.5. The summed E-state index contributed by atoms with van der Waals surface area (Å²) in [5, 5.41) is 12.0. The van der Waals surface area contributed by atoms with E-state index in [2.05, 4.69) is 27.9 Å². The molecule has 1 N–H and O–H groups in total. The van der Waals surface area contributed by atoms with Crippen LogP contribution in [0.25, 0.3) is 6.08 Å². The van der Waals surface area contributed by atoms with Crippen LogP contribution in [0, 0.1) is 27.6 Å². The number of aryl methyl sites for hydroxylation is 1. The van der Waals surface area contributed by atoms with Gasteiger partial charge in [0.25, 0.3) is 5.91 Å². The Morgan fingerprint density at radius 3 is 2.47 bits per heavy atom. The van der Waals surface area contributed by atoms with E-state index in [1.807, 2.05) is 37.3 Å². The summed E-state index contributed by atoms with van der Waals surface area (Å²) in [6.45, 7) is 2.41. The van der Waals surface area contributed by atoms with Crippen LogP contribution < -0.4 is 14.8 Å². The predicted molar refractivity (Wildman–Crippen MR) is 130 cm³/mol. The number of hydrogen-bond donors (Lipinski definition) is 1. The number of nitriles is 1. The van der Waals surface area contributed by atoms with Crippen LogP contribution in [0.5, 0.6) is 11.5 Å². The maximum absolute atomic E-state index is 13.0. The molecule has 0 aliphatic heterocycles. The van der Waals surface area contributed by atoms with Gasteiger partial charge in [-0.15, -0.1) is 0 Å². The number of ether oxygens (including phenoxy) is 2. The van der Waals surface area contributed by atoms with Gasteiger partial charge >= 0.3 is 0 Å². The fourth-order valence-corrected chi connectivity index (χ4v) is 3.63. The number of carbonyl (C=O) groups is 1. The molecule has 3 aromatic rings. The molecule has 32 heavy (non-hydrogen) atoms. The van der Waals surface area contributed by atoms with Gasteiger partial charge in [0, 0.05) is 5.69 Å². The first kappa shape index (κ1) is 23.3. The molecule has 0 spiro atoms. The molecule has 0 bridgehead atoms. The van der Waals surface area contributed by atoms with E-state index in [4.69, 9.17) is 9.47 Å². The van der Waals surface area contributed by atoms with E-state index in [1.54, 1.807) is 12.1 Å². The molecule has 3 aromatic carbocycles. The maximum Gasteiger partial charge on any atom is 0.266 e. The predicted octanol–water partition coefficient (Wildman–Crippen LogP) is 5.87. The molecule has 0 unspecified atom stereocenters. The first-order valence-corrected chi connectivity index (χ1v) is 10.7. The molecule has 7 heteroatoms. The van der Waals surface area contributed by atoms with Crippen molar-refractivity contribution in [2.24, 2.45) is 0 Å². The monoisotopic (exact) mass is 542 g/mol. The Kier molecular flexibility index (Phi) is 7.84. The van der Waals surface area contributed by atoms with Gasteiger partial charge in [0.05, 0.1) is 10.7 Å². The number of anilines is 1. The molecule has 0 radical (unpaired) electrons. The summed E-state index contributed by atoms with van der Waals surface area (Å²) in [5.74, 6) is 0.0739. The second-order valence-corrected chi connectivity index (χ2v) is 8.10. The van der Waals surface area contributed by atoms with Gasteiger partial charge in [-0.1, -0.05) is 29.8 Å². The van der Waals surface area contributed by atoms with Gasteiger partial charge in [-0.2, -0.15) is 5.26 Å². The van der Waals surface area contributed by atoms with Crippen LogP contribution in [0.15, 0.2) is 66.2 Å². The molecule has 0 atom stereocenters. The molecule has 5 nitrogen and oxygen atoms in total. The van der Waals surface area contributed by atoms with E-state index in [0.29, 0.717) is 29.4 Å². The Hall–Kier alpha value is -3.38. The SMILES string of the molecule is COc1cc(/C=C(/C#N)C(=O)Nc2ccc(F)cc2)cc(I)c1OCc1ccc(C)cc1. The lowest BCUT2D eigenvalue weighted by atomic mass is 10.1. The van der Waals surface area contributed by atoms with E-state index in [1.165, 1.54) is 43.0 Å². The second kappa shape index (κ2) is 10.8. The summed E-state index contributed by atoms with van der Waals surface area (Å²) >= 11 is 2.13. The number of hydrogen-bond acceptors (Lipinski definition) is 4. The average Bonchev–Trinajstić information content (AvgIpc) is 2.79. The molecule has 0 saturated carbocycles. The molecule has 0 aromatic heterocycles. The minimum Gasteiger partial charge on any atom is -0.493 e. The summed E-state index contributed by atoms with van der Waals surface area (Å²) in [6, 6.07) is 18.8. The maximum atomic E-state index is 13.0. The molecule has 0 heterocycles. The number of carbonyl (C=O) groups excluding carboxylic acids is 1. The van der Waals surface area contributed by atoms with Crippen molar-refractivity contribution in [2.75, 3.05) is 12.4 Å². The topological polar surface area (TPSA) is 71.3 Å². The van der Waals surface area contributed by atoms with E-state index in [9.17, 15) is 14.4 Å². The Morgan fingerprint density at radius 2 is 1.84 bits per heavy atom. The fourth-order valence-electron chi connectivity index (χ4n) is 2.85. The molecule has 0 saturated heterocycles. The number of halogens is 2. The van der Waals surface area contributed by atoms with Crippen LogP contribution in [-0.4, -0.2) is 13.0 Å². The Bertz CT molecular complexity index is 1180. The van der Waals surface area contributed by atoms with Crippen LogP contribution in [-0.2, 0) is 11.4 Å². The molecule has 3 rings (SSSR count). The van der Waals surface area contributed by atoms with Crippen molar-refractivity contribution in [3.8, 4) is 17.6 Å². The molecule has 162 valence electrons. The Morgan fingerprint density at radius 1 is 1.16 bits per heavy atom. The van der Waals surface area contributed by atoms with Crippen LogP contribution in [0.2, 0.25) is 0 Å². The van der Waals surface area contributed by atoms with Gasteiger partial charge < -0.3 is 14.8 Å². The van der Waals surface area contributed by atoms with Crippen molar-refractivity contribution < 1.29 is 18.7 Å². The summed E-state index contributed by atoms with van der Waals surface area (Å²) in [7, 11) is 1.53. The number of benzene rings is 3. The first-order chi connectivity index (χ1) is 15.4. The lowest BCUT2D eigenvalue weighted by Gasteiger charge is -2.14. The standard InChI is InChI=1S/C25H20FIN2O3/c1-16-3-5-17(6-4-16)15-32-24-22(27)12-18(13-23(24)31-2)11-19(14-28)25(30)29-21-9-7-20(26)8-10-21/h3-13H,15H2,1-2H3,(H,29,30)/b19-11-. The van der Waals surface area contributed by atoms with Crippen LogP contribution in [0.1, 0.15) is 16.7 Å². The van der Waals surface area contributed by atoms with Crippen molar-refractivity contribution >= 4 is 40.3 Å². The minimum absolute atomic E-state index is 0.0968. The number of nitrogens with zero attached hydrogens (tertiary/aromatic N) is 1. The van der Waals surface area contributed by atoms with Crippen molar-refractivity contribution in [1.29, 1.82) is 5.26 Å².